The van der Waals surface area contributed by atoms with Crippen molar-refractivity contribution in [3.8, 4) is 5.69 Å². The minimum Gasteiger partial charge on any atom is -0.478 e. The van der Waals surface area contributed by atoms with Crippen molar-refractivity contribution in [2.24, 2.45) is 0 Å². The molecule has 0 spiro atoms. The monoisotopic (exact) mass is 395 g/mol. The van der Waals surface area contributed by atoms with Gasteiger partial charge >= 0.3 is 12.0 Å². The molecule has 0 saturated carbocycles. The molecule has 1 fully saturated rings. The Morgan fingerprint density at radius 3 is 2.14 bits per heavy atom. The number of rotatable bonds is 3. The lowest BCUT2D eigenvalue weighted by molar-refractivity contribution is -0.134. The number of carboxylic acids is 1. The van der Waals surface area contributed by atoms with Crippen molar-refractivity contribution in [1.82, 2.24) is 14.4 Å². The summed E-state index contributed by atoms with van der Waals surface area (Å²) in [7, 11) is 2.65. The van der Waals surface area contributed by atoms with Crippen molar-refractivity contribution >= 4 is 29.9 Å². The average molecular weight is 395 g/mol. The van der Waals surface area contributed by atoms with E-state index < -0.39 is 23.8 Å². The summed E-state index contributed by atoms with van der Waals surface area (Å²) in [5, 5.41) is 9.40. The lowest BCUT2D eigenvalue weighted by Gasteiger charge is -2.28. The number of likely N-dealkylation sites (N-methyl/N-ethyl adjacent to an activating group) is 2. The maximum atomic E-state index is 12.5. The Labute approximate surface area is 167 Å². The van der Waals surface area contributed by atoms with E-state index in [0.29, 0.717) is 16.8 Å². The average Bonchev–Trinajstić information content (AvgIpc) is 2.95. The highest BCUT2D eigenvalue weighted by Crippen LogP contribution is 2.27. The zero-order chi connectivity index (χ0) is 21.6. The standard InChI is InChI=1S/C21H21N3O5/c1-11-9-14(10-16-18(25)22(4)21(29)23(5)19(16)26)13(3)24(11)17-8-6-7-15(12(17)2)20(27)28/h6-10H,1-5H3,(H,27,28). The summed E-state index contributed by atoms with van der Waals surface area (Å²) in [6.07, 6.45) is 1.47. The molecule has 1 aliphatic rings. The van der Waals surface area contributed by atoms with Crippen LogP contribution in [0, 0.1) is 20.8 Å². The van der Waals surface area contributed by atoms with E-state index >= 15 is 0 Å². The van der Waals surface area contributed by atoms with Crippen molar-refractivity contribution in [1.29, 1.82) is 0 Å². The number of benzene rings is 1. The Bertz CT molecular complexity index is 1080. The third kappa shape index (κ3) is 3.12. The number of aromatic nitrogens is 1. The molecule has 29 heavy (non-hydrogen) atoms. The van der Waals surface area contributed by atoms with Crippen molar-refractivity contribution < 1.29 is 24.3 Å². The molecule has 1 aromatic carbocycles. The predicted octanol–water partition coefficient (Wildman–Crippen LogP) is 2.53. The molecule has 2 aromatic rings. The third-order valence-electron chi connectivity index (χ3n) is 5.19. The summed E-state index contributed by atoms with van der Waals surface area (Å²) in [4.78, 5) is 50.1. The van der Waals surface area contributed by atoms with Crippen molar-refractivity contribution in [2.45, 2.75) is 20.8 Å². The van der Waals surface area contributed by atoms with Crippen LogP contribution >= 0.6 is 0 Å². The first-order valence-electron chi connectivity index (χ1n) is 8.90. The fraction of sp³-hybridized carbons (Fsp3) is 0.238. The molecule has 3 rings (SSSR count). The number of carbonyl (C=O) groups is 4. The number of aromatic carboxylic acids is 1. The topological polar surface area (TPSA) is 99.9 Å². The van der Waals surface area contributed by atoms with Gasteiger partial charge in [-0.2, -0.15) is 0 Å². The van der Waals surface area contributed by atoms with Crippen LogP contribution < -0.4 is 0 Å². The van der Waals surface area contributed by atoms with Gasteiger partial charge in [0.2, 0.25) is 0 Å². The highest BCUT2D eigenvalue weighted by atomic mass is 16.4. The van der Waals surface area contributed by atoms with Gasteiger partial charge in [-0.3, -0.25) is 19.4 Å². The van der Waals surface area contributed by atoms with Gasteiger partial charge in [0, 0.05) is 31.2 Å². The number of carbonyl (C=O) groups excluding carboxylic acids is 3. The zero-order valence-corrected chi connectivity index (χ0v) is 16.8. The number of hydrogen-bond donors (Lipinski definition) is 1. The normalized spacial score (nSPS) is 14.7. The van der Waals surface area contributed by atoms with Crippen LogP contribution in [0.1, 0.15) is 32.9 Å². The maximum absolute atomic E-state index is 12.5. The van der Waals surface area contributed by atoms with Gasteiger partial charge in [0.1, 0.15) is 5.57 Å². The van der Waals surface area contributed by atoms with Crippen LogP contribution in [0.3, 0.4) is 0 Å². The van der Waals surface area contributed by atoms with Crippen LogP contribution in [0.25, 0.3) is 11.8 Å². The molecule has 2 heterocycles. The van der Waals surface area contributed by atoms with Gasteiger partial charge in [-0.25, -0.2) is 9.59 Å². The largest absolute Gasteiger partial charge is 0.478 e. The summed E-state index contributed by atoms with van der Waals surface area (Å²) < 4.78 is 1.88. The highest BCUT2D eigenvalue weighted by Gasteiger charge is 2.38. The number of amides is 4. The van der Waals surface area contributed by atoms with Crippen LogP contribution in [0.15, 0.2) is 29.8 Å². The van der Waals surface area contributed by atoms with E-state index in [1.165, 1.54) is 20.2 Å². The van der Waals surface area contributed by atoms with E-state index in [9.17, 15) is 24.3 Å². The molecule has 1 aliphatic heterocycles. The Morgan fingerprint density at radius 2 is 1.59 bits per heavy atom. The molecule has 0 bridgehead atoms. The van der Waals surface area contributed by atoms with Crippen LogP contribution in [0.4, 0.5) is 4.79 Å². The van der Waals surface area contributed by atoms with Gasteiger partial charge in [0.25, 0.3) is 11.8 Å². The van der Waals surface area contributed by atoms with Crippen LogP contribution in [-0.4, -0.2) is 57.4 Å². The van der Waals surface area contributed by atoms with E-state index in [4.69, 9.17) is 0 Å². The zero-order valence-electron chi connectivity index (χ0n) is 16.8. The Hall–Kier alpha value is -3.68. The van der Waals surface area contributed by atoms with Crippen LogP contribution in [0.2, 0.25) is 0 Å². The summed E-state index contributed by atoms with van der Waals surface area (Å²) >= 11 is 0. The molecule has 8 heteroatoms. The van der Waals surface area contributed by atoms with Crippen molar-refractivity contribution in [2.75, 3.05) is 14.1 Å². The maximum Gasteiger partial charge on any atom is 0.336 e. The Kier molecular flexibility index (Phi) is 4.88. The summed E-state index contributed by atoms with van der Waals surface area (Å²) in [6.45, 7) is 5.41. The molecule has 150 valence electrons. The second kappa shape index (κ2) is 7.05. The van der Waals surface area contributed by atoms with Crippen LogP contribution in [0.5, 0.6) is 0 Å². The molecule has 0 aliphatic carbocycles. The van der Waals surface area contributed by atoms with E-state index in [-0.39, 0.29) is 11.1 Å². The van der Waals surface area contributed by atoms with E-state index in [1.54, 1.807) is 19.1 Å². The third-order valence-corrected chi connectivity index (χ3v) is 5.19. The van der Waals surface area contributed by atoms with Gasteiger partial charge in [-0.15, -0.1) is 0 Å². The Balaban J connectivity index is 2.15. The lowest BCUT2D eigenvalue weighted by Crippen LogP contribution is -2.52. The number of nitrogens with zero attached hydrogens (tertiary/aromatic N) is 3. The van der Waals surface area contributed by atoms with Gasteiger partial charge < -0.3 is 9.67 Å². The molecule has 1 aromatic heterocycles. The minimum absolute atomic E-state index is 0.106. The van der Waals surface area contributed by atoms with E-state index in [0.717, 1.165) is 21.2 Å². The van der Waals surface area contributed by atoms with Crippen molar-refractivity contribution in [3.63, 3.8) is 0 Å². The number of barbiturate groups is 1. The highest BCUT2D eigenvalue weighted by molar-refractivity contribution is 6.30. The van der Waals surface area contributed by atoms with Gasteiger partial charge in [-0.1, -0.05) is 6.07 Å². The molecule has 8 nitrogen and oxygen atoms in total. The van der Waals surface area contributed by atoms with Gasteiger partial charge in [-0.05, 0) is 56.2 Å². The van der Waals surface area contributed by atoms with E-state index in [2.05, 4.69) is 0 Å². The molecule has 1 saturated heterocycles. The smallest absolute Gasteiger partial charge is 0.336 e. The second-order valence-corrected chi connectivity index (χ2v) is 6.99. The van der Waals surface area contributed by atoms with Gasteiger partial charge in [0.15, 0.2) is 0 Å². The molecule has 4 amide bonds. The van der Waals surface area contributed by atoms with Crippen molar-refractivity contribution in [3.05, 3.63) is 57.9 Å². The first-order valence-corrected chi connectivity index (χ1v) is 8.90. The fourth-order valence-corrected chi connectivity index (χ4v) is 3.53. The molecule has 0 radical (unpaired) electrons. The quantitative estimate of drug-likeness (QED) is 0.636. The molecule has 1 N–H and O–H groups in total. The SMILES string of the molecule is Cc1c(C(=O)O)cccc1-n1c(C)cc(C=C2C(=O)N(C)C(=O)N(C)C2=O)c1C. The van der Waals surface area contributed by atoms with Gasteiger partial charge in [0.05, 0.1) is 5.56 Å². The number of carboxylic acid groups (broad SMARTS) is 1. The summed E-state index contributed by atoms with van der Waals surface area (Å²) in [5.41, 5.74) is 3.60. The molecular weight excluding hydrogens is 374 g/mol. The molecule has 0 atom stereocenters. The fourth-order valence-electron chi connectivity index (χ4n) is 3.53. The molecular formula is C21H21N3O5. The number of hydrogen-bond acceptors (Lipinski definition) is 4. The molecule has 0 unspecified atom stereocenters. The van der Waals surface area contributed by atoms with Crippen LogP contribution in [-0.2, 0) is 9.59 Å². The number of imide groups is 2. The first-order chi connectivity index (χ1) is 13.6. The lowest BCUT2D eigenvalue weighted by atomic mass is 10.1. The summed E-state index contributed by atoms with van der Waals surface area (Å²) in [6, 6.07) is 6.16. The minimum atomic E-state index is -1.01. The van der Waals surface area contributed by atoms with E-state index in [1.807, 2.05) is 30.5 Å². The Morgan fingerprint density at radius 1 is 1.00 bits per heavy atom. The predicted molar refractivity (Wildman–Crippen MR) is 106 cm³/mol. The second-order valence-electron chi connectivity index (χ2n) is 6.99. The number of urea groups is 1. The first kappa shape index (κ1) is 20.1. The summed E-state index contributed by atoms with van der Waals surface area (Å²) in [5.74, 6) is -2.33. The number of aryl methyl sites for hydroxylation is 1.